The molecule has 1 N–H and O–H groups in total. The summed E-state index contributed by atoms with van der Waals surface area (Å²) in [7, 11) is 0. The number of nitrogens with one attached hydrogen (secondary N) is 1. The molecule has 16 heavy (non-hydrogen) atoms. The minimum atomic E-state index is 0.484. The smallest absolute Gasteiger partial charge is 0.0592 e. The van der Waals surface area contributed by atoms with Gasteiger partial charge >= 0.3 is 0 Å². The van der Waals surface area contributed by atoms with Crippen molar-refractivity contribution in [2.24, 2.45) is 0 Å². The van der Waals surface area contributed by atoms with E-state index in [1.165, 1.54) is 29.7 Å². The first-order chi connectivity index (χ1) is 7.77. The lowest BCUT2D eigenvalue weighted by molar-refractivity contribution is 0.107. The lowest BCUT2D eigenvalue weighted by atomic mass is 10.1. The van der Waals surface area contributed by atoms with E-state index in [1.54, 1.807) is 0 Å². The predicted octanol–water partition coefficient (Wildman–Crippen LogP) is 3.28. The first kappa shape index (κ1) is 11.5. The molecule has 0 aromatic heterocycles. The first-order valence-electron chi connectivity index (χ1n) is 6.19. The summed E-state index contributed by atoms with van der Waals surface area (Å²) >= 11 is 0. The highest BCUT2D eigenvalue weighted by Crippen LogP contribution is 2.19. The molecule has 1 aromatic carbocycles. The largest absolute Gasteiger partial charge is 0.385 e. The van der Waals surface area contributed by atoms with Gasteiger partial charge in [0.25, 0.3) is 0 Å². The van der Waals surface area contributed by atoms with Crippen LogP contribution in [0, 0.1) is 13.8 Å². The SMILES string of the molecule is Cc1cccc(NCCC2CCCO2)c1C. The van der Waals surface area contributed by atoms with Crippen LogP contribution in [0.2, 0.25) is 0 Å². The fourth-order valence-electron chi connectivity index (χ4n) is 2.18. The third kappa shape index (κ3) is 2.76. The Morgan fingerprint density at radius 2 is 2.25 bits per heavy atom. The molecule has 1 fully saturated rings. The second-order valence-corrected chi connectivity index (χ2v) is 4.60. The lowest BCUT2D eigenvalue weighted by Gasteiger charge is -2.13. The normalized spacial score (nSPS) is 20.0. The van der Waals surface area contributed by atoms with Crippen molar-refractivity contribution < 1.29 is 4.74 Å². The molecular weight excluding hydrogens is 198 g/mol. The number of benzene rings is 1. The van der Waals surface area contributed by atoms with E-state index < -0.39 is 0 Å². The molecule has 1 saturated heterocycles. The summed E-state index contributed by atoms with van der Waals surface area (Å²) < 4.78 is 5.60. The monoisotopic (exact) mass is 219 g/mol. The summed E-state index contributed by atoms with van der Waals surface area (Å²) in [6, 6.07) is 6.41. The Morgan fingerprint density at radius 3 is 3.00 bits per heavy atom. The molecular formula is C14H21NO. The molecule has 1 aliphatic heterocycles. The van der Waals surface area contributed by atoms with Gasteiger partial charge in [-0.15, -0.1) is 0 Å². The van der Waals surface area contributed by atoms with Crippen molar-refractivity contribution in [2.45, 2.75) is 39.2 Å². The molecule has 0 amide bonds. The van der Waals surface area contributed by atoms with Gasteiger partial charge in [-0.2, -0.15) is 0 Å². The van der Waals surface area contributed by atoms with E-state index in [4.69, 9.17) is 4.74 Å². The van der Waals surface area contributed by atoms with Gasteiger partial charge in [0, 0.05) is 18.8 Å². The van der Waals surface area contributed by atoms with Crippen LogP contribution in [0.1, 0.15) is 30.4 Å². The fraction of sp³-hybridized carbons (Fsp3) is 0.571. The van der Waals surface area contributed by atoms with Gasteiger partial charge in [0.05, 0.1) is 6.10 Å². The summed E-state index contributed by atoms with van der Waals surface area (Å²) in [5, 5.41) is 3.50. The predicted molar refractivity (Wildman–Crippen MR) is 68.0 cm³/mol. The van der Waals surface area contributed by atoms with Crippen LogP contribution in [0.5, 0.6) is 0 Å². The highest BCUT2D eigenvalue weighted by Gasteiger charge is 2.14. The molecule has 0 radical (unpaired) electrons. The van der Waals surface area contributed by atoms with Crippen LogP contribution in [-0.4, -0.2) is 19.3 Å². The molecule has 1 heterocycles. The van der Waals surface area contributed by atoms with E-state index >= 15 is 0 Å². The van der Waals surface area contributed by atoms with Crippen LogP contribution < -0.4 is 5.32 Å². The maximum absolute atomic E-state index is 5.60. The van der Waals surface area contributed by atoms with Crippen LogP contribution >= 0.6 is 0 Å². The van der Waals surface area contributed by atoms with Crippen molar-refractivity contribution >= 4 is 5.69 Å². The molecule has 1 atom stereocenters. The van der Waals surface area contributed by atoms with Gasteiger partial charge in [-0.1, -0.05) is 12.1 Å². The minimum Gasteiger partial charge on any atom is -0.385 e. The van der Waals surface area contributed by atoms with Crippen molar-refractivity contribution in [1.29, 1.82) is 0 Å². The van der Waals surface area contributed by atoms with Crippen molar-refractivity contribution in [3.05, 3.63) is 29.3 Å². The van der Waals surface area contributed by atoms with Gasteiger partial charge in [-0.3, -0.25) is 0 Å². The van der Waals surface area contributed by atoms with Gasteiger partial charge in [-0.25, -0.2) is 0 Å². The third-order valence-electron chi connectivity index (χ3n) is 3.41. The molecule has 1 unspecified atom stereocenters. The van der Waals surface area contributed by atoms with Gasteiger partial charge in [0.1, 0.15) is 0 Å². The molecule has 88 valence electrons. The van der Waals surface area contributed by atoms with Gasteiger partial charge in [0.15, 0.2) is 0 Å². The van der Waals surface area contributed by atoms with Crippen molar-refractivity contribution in [1.82, 2.24) is 0 Å². The number of ether oxygens (including phenoxy) is 1. The Balaban J connectivity index is 1.82. The zero-order valence-corrected chi connectivity index (χ0v) is 10.3. The van der Waals surface area contributed by atoms with Crippen LogP contribution in [0.4, 0.5) is 5.69 Å². The van der Waals surface area contributed by atoms with Crippen LogP contribution in [0.25, 0.3) is 0 Å². The summed E-state index contributed by atoms with van der Waals surface area (Å²) in [6.45, 7) is 6.29. The van der Waals surface area contributed by atoms with E-state index in [1.807, 2.05) is 0 Å². The van der Waals surface area contributed by atoms with E-state index in [-0.39, 0.29) is 0 Å². The number of anilines is 1. The highest BCUT2D eigenvalue weighted by molar-refractivity contribution is 5.53. The van der Waals surface area contributed by atoms with Crippen LogP contribution in [-0.2, 0) is 4.74 Å². The molecule has 0 aliphatic carbocycles. The Hall–Kier alpha value is -1.02. The molecule has 1 aromatic rings. The third-order valence-corrected chi connectivity index (χ3v) is 3.41. The second-order valence-electron chi connectivity index (χ2n) is 4.60. The molecule has 2 nitrogen and oxygen atoms in total. The van der Waals surface area contributed by atoms with E-state index in [2.05, 4.69) is 37.4 Å². The number of hydrogen-bond donors (Lipinski definition) is 1. The average molecular weight is 219 g/mol. The van der Waals surface area contributed by atoms with Crippen molar-refractivity contribution in [2.75, 3.05) is 18.5 Å². The Bertz CT molecular complexity index is 343. The Morgan fingerprint density at radius 1 is 1.38 bits per heavy atom. The topological polar surface area (TPSA) is 21.3 Å². The molecule has 1 aliphatic rings. The molecule has 0 bridgehead atoms. The quantitative estimate of drug-likeness (QED) is 0.839. The fourth-order valence-corrected chi connectivity index (χ4v) is 2.18. The summed E-state index contributed by atoms with van der Waals surface area (Å²) in [4.78, 5) is 0. The highest BCUT2D eigenvalue weighted by atomic mass is 16.5. The number of hydrogen-bond acceptors (Lipinski definition) is 2. The first-order valence-corrected chi connectivity index (χ1v) is 6.19. The zero-order valence-electron chi connectivity index (χ0n) is 10.3. The van der Waals surface area contributed by atoms with Gasteiger partial charge in [-0.05, 0) is 50.3 Å². The summed E-state index contributed by atoms with van der Waals surface area (Å²) in [5.41, 5.74) is 3.97. The van der Waals surface area contributed by atoms with E-state index in [9.17, 15) is 0 Å². The van der Waals surface area contributed by atoms with E-state index in [0.717, 1.165) is 19.6 Å². The maximum atomic E-state index is 5.60. The zero-order chi connectivity index (χ0) is 11.4. The molecule has 0 spiro atoms. The molecule has 0 saturated carbocycles. The Labute approximate surface area is 98.0 Å². The molecule has 2 rings (SSSR count). The summed E-state index contributed by atoms with van der Waals surface area (Å²) in [6.07, 6.45) is 4.06. The van der Waals surface area contributed by atoms with E-state index in [0.29, 0.717) is 6.10 Å². The number of aryl methyl sites for hydroxylation is 1. The second kappa shape index (κ2) is 5.35. The summed E-state index contributed by atoms with van der Waals surface area (Å²) in [5.74, 6) is 0. The number of rotatable bonds is 4. The standard InChI is InChI=1S/C14H21NO/c1-11-5-3-7-14(12(11)2)15-9-8-13-6-4-10-16-13/h3,5,7,13,15H,4,6,8-10H2,1-2H3. The average Bonchev–Trinajstić information content (AvgIpc) is 2.77. The van der Waals surface area contributed by atoms with Crippen LogP contribution in [0.3, 0.4) is 0 Å². The van der Waals surface area contributed by atoms with Gasteiger partial charge < -0.3 is 10.1 Å². The van der Waals surface area contributed by atoms with Gasteiger partial charge in [0.2, 0.25) is 0 Å². The lowest BCUT2D eigenvalue weighted by Crippen LogP contribution is -2.13. The van der Waals surface area contributed by atoms with Crippen LogP contribution in [0.15, 0.2) is 18.2 Å². The van der Waals surface area contributed by atoms with Crippen molar-refractivity contribution in [3.63, 3.8) is 0 Å². The Kier molecular flexibility index (Phi) is 3.83. The van der Waals surface area contributed by atoms with Crippen molar-refractivity contribution in [3.8, 4) is 0 Å². The maximum Gasteiger partial charge on any atom is 0.0592 e. The minimum absolute atomic E-state index is 0.484. The molecule has 2 heteroatoms.